The molecule has 0 radical (unpaired) electrons. The number of aliphatic carboxylic acids is 1. The minimum absolute atomic E-state index is 0.204. The fourth-order valence-electron chi connectivity index (χ4n) is 3.30. The van der Waals surface area contributed by atoms with Crippen molar-refractivity contribution in [3.8, 4) is 0 Å². The quantitative estimate of drug-likeness (QED) is 0.823. The number of carboxylic acids is 1. The van der Waals surface area contributed by atoms with Crippen molar-refractivity contribution in [3.05, 3.63) is 0 Å². The Bertz CT molecular complexity index is 278. The summed E-state index contributed by atoms with van der Waals surface area (Å²) in [5.41, 5.74) is 0.508. The molecule has 3 heteroatoms. The molecule has 2 fully saturated rings. The lowest BCUT2D eigenvalue weighted by molar-refractivity contribution is -0.142. The van der Waals surface area contributed by atoms with Gasteiger partial charge in [-0.1, -0.05) is 13.8 Å². The monoisotopic (exact) mass is 239 g/mol. The first-order valence-electron chi connectivity index (χ1n) is 6.95. The molecule has 0 aromatic carbocycles. The Balaban J connectivity index is 1.83. The van der Waals surface area contributed by atoms with Crippen molar-refractivity contribution in [2.24, 2.45) is 11.3 Å². The molecule has 2 aliphatic rings. The highest BCUT2D eigenvalue weighted by atomic mass is 16.4. The summed E-state index contributed by atoms with van der Waals surface area (Å²) in [6, 6.07) is -0.204. The van der Waals surface area contributed by atoms with Crippen LogP contribution in [0.3, 0.4) is 0 Å². The molecule has 0 bridgehead atoms. The molecule has 1 heterocycles. The second-order valence-corrected chi connectivity index (χ2v) is 6.60. The zero-order valence-corrected chi connectivity index (χ0v) is 11.1. The van der Waals surface area contributed by atoms with Crippen LogP contribution in [0.2, 0.25) is 0 Å². The highest BCUT2D eigenvalue weighted by molar-refractivity contribution is 5.73. The first kappa shape index (κ1) is 12.9. The smallest absolute Gasteiger partial charge is 0.320 e. The number of rotatable bonds is 3. The number of carbonyl (C=O) groups is 1. The van der Waals surface area contributed by atoms with Gasteiger partial charge in [0.05, 0.1) is 0 Å². The average molecular weight is 239 g/mol. The van der Waals surface area contributed by atoms with Crippen molar-refractivity contribution >= 4 is 5.97 Å². The summed E-state index contributed by atoms with van der Waals surface area (Å²) in [7, 11) is 0. The van der Waals surface area contributed by atoms with Gasteiger partial charge in [0, 0.05) is 6.54 Å². The summed E-state index contributed by atoms with van der Waals surface area (Å²) in [5, 5.41) is 9.15. The first-order chi connectivity index (χ1) is 7.98. The average Bonchev–Trinajstić information content (AvgIpc) is 2.69. The Morgan fingerprint density at radius 1 is 1.29 bits per heavy atom. The summed E-state index contributed by atoms with van der Waals surface area (Å²) >= 11 is 0. The van der Waals surface area contributed by atoms with Gasteiger partial charge in [0.1, 0.15) is 6.04 Å². The zero-order chi connectivity index (χ0) is 12.5. The van der Waals surface area contributed by atoms with E-state index in [-0.39, 0.29) is 6.04 Å². The van der Waals surface area contributed by atoms with Crippen LogP contribution >= 0.6 is 0 Å². The van der Waals surface area contributed by atoms with E-state index in [1.807, 2.05) is 0 Å². The van der Waals surface area contributed by atoms with E-state index in [2.05, 4.69) is 18.7 Å². The van der Waals surface area contributed by atoms with Crippen molar-refractivity contribution in [2.75, 3.05) is 13.1 Å². The topological polar surface area (TPSA) is 40.5 Å². The summed E-state index contributed by atoms with van der Waals surface area (Å²) in [4.78, 5) is 13.3. The van der Waals surface area contributed by atoms with Gasteiger partial charge in [-0.15, -0.1) is 0 Å². The van der Waals surface area contributed by atoms with Gasteiger partial charge in [-0.3, -0.25) is 9.69 Å². The highest BCUT2D eigenvalue weighted by Gasteiger charge is 2.34. The molecule has 2 rings (SSSR count). The van der Waals surface area contributed by atoms with E-state index in [1.54, 1.807) is 0 Å². The van der Waals surface area contributed by atoms with Crippen molar-refractivity contribution in [3.63, 3.8) is 0 Å². The fraction of sp³-hybridized carbons (Fsp3) is 0.929. The molecule has 1 aliphatic heterocycles. The Kier molecular flexibility index (Phi) is 3.76. The Hall–Kier alpha value is -0.570. The molecule has 1 N–H and O–H groups in total. The first-order valence-corrected chi connectivity index (χ1v) is 6.95. The van der Waals surface area contributed by atoms with Crippen LogP contribution in [-0.2, 0) is 4.79 Å². The summed E-state index contributed by atoms with van der Waals surface area (Å²) < 4.78 is 0. The van der Waals surface area contributed by atoms with Crippen LogP contribution < -0.4 is 0 Å². The molecule has 1 atom stereocenters. The third-order valence-corrected chi connectivity index (χ3v) is 4.60. The van der Waals surface area contributed by atoms with Crippen LogP contribution in [0.5, 0.6) is 0 Å². The lowest BCUT2D eigenvalue weighted by atomic mass is 9.73. The molecule has 1 saturated heterocycles. The highest BCUT2D eigenvalue weighted by Crippen LogP contribution is 2.38. The van der Waals surface area contributed by atoms with Crippen LogP contribution in [0.1, 0.15) is 52.4 Å². The fourth-order valence-corrected chi connectivity index (χ4v) is 3.30. The van der Waals surface area contributed by atoms with E-state index in [0.29, 0.717) is 5.41 Å². The third kappa shape index (κ3) is 3.21. The van der Waals surface area contributed by atoms with Crippen molar-refractivity contribution in [2.45, 2.75) is 58.4 Å². The predicted octanol–water partition coefficient (Wildman–Crippen LogP) is 2.75. The van der Waals surface area contributed by atoms with Gasteiger partial charge >= 0.3 is 5.97 Å². The van der Waals surface area contributed by atoms with Crippen LogP contribution in [-0.4, -0.2) is 35.1 Å². The second kappa shape index (κ2) is 4.97. The van der Waals surface area contributed by atoms with E-state index in [4.69, 9.17) is 5.11 Å². The van der Waals surface area contributed by atoms with Gasteiger partial charge < -0.3 is 5.11 Å². The van der Waals surface area contributed by atoms with Crippen LogP contribution in [0.4, 0.5) is 0 Å². The standard InChI is InChI=1S/C14H25NO2/c1-14(2)7-5-11(6-8-14)10-15-9-3-4-12(15)13(16)17/h11-12H,3-10H2,1-2H3,(H,16,17). The molecule has 0 amide bonds. The Morgan fingerprint density at radius 2 is 1.94 bits per heavy atom. The largest absolute Gasteiger partial charge is 0.480 e. The van der Waals surface area contributed by atoms with Crippen molar-refractivity contribution in [1.82, 2.24) is 4.90 Å². The number of likely N-dealkylation sites (tertiary alicyclic amines) is 1. The normalized spacial score (nSPS) is 30.6. The molecule has 1 unspecified atom stereocenters. The molecular weight excluding hydrogens is 214 g/mol. The minimum Gasteiger partial charge on any atom is -0.480 e. The van der Waals surface area contributed by atoms with Crippen molar-refractivity contribution < 1.29 is 9.90 Å². The van der Waals surface area contributed by atoms with Gasteiger partial charge in [0.15, 0.2) is 0 Å². The number of nitrogens with zero attached hydrogens (tertiary/aromatic N) is 1. The Labute approximate surface area is 104 Å². The molecule has 1 aliphatic carbocycles. The molecule has 17 heavy (non-hydrogen) atoms. The maximum Gasteiger partial charge on any atom is 0.320 e. The van der Waals surface area contributed by atoms with Gasteiger partial charge in [0.25, 0.3) is 0 Å². The minimum atomic E-state index is -0.626. The van der Waals surface area contributed by atoms with Gasteiger partial charge in [-0.25, -0.2) is 0 Å². The van der Waals surface area contributed by atoms with E-state index in [0.717, 1.165) is 31.8 Å². The van der Waals surface area contributed by atoms with Crippen molar-refractivity contribution in [1.29, 1.82) is 0 Å². The zero-order valence-electron chi connectivity index (χ0n) is 11.1. The van der Waals surface area contributed by atoms with E-state index < -0.39 is 5.97 Å². The molecule has 3 nitrogen and oxygen atoms in total. The maximum atomic E-state index is 11.1. The summed E-state index contributed by atoms with van der Waals surface area (Å²) in [5.74, 6) is 0.0987. The van der Waals surface area contributed by atoms with E-state index >= 15 is 0 Å². The molecule has 0 aromatic heterocycles. The molecule has 1 saturated carbocycles. The lowest BCUT2D eigenvalue weighted by Crippen LogP contribution is -2.40. The summed E-state index contributed by atoms with van der Waals surface area (Å²) in [6.07, 6.45) is 7.03. The van der Waals surface area contributed by atoms with Gasteiger partial charge in [-0.2, -0.15) is 0 Å². The second-order valence-electron chi connectivity index (χ2n) is 6.60. The van der Waals surface area contributed by atoms with Gasteiger partial charge in [-0.05, 0) is 56.4 Å². The van der Waals surface area contributed by atoms with Crippen LogP contribution in [0.15, 0.2) is 0 Å². The number of hydrogen-bond acceptors (Lipinski definition) is 2. The maximum absolute atomic E-state index is 11.1. The molecule has 0 aromatic rings. The predicted molar refractivity (Wildman–Crippen MR) is 68.0 cm³/mol. The molecule has 0 spiro atoms. The molecule has 98 valence electrons. The molecular formula is C14H25NO2. The summed E-state index contributed by atoms with van der Waals surface area (Å²) in [6.45, 7) is 6.68. The third-order valence-electron chi connectivity index (χ3n) is 4.60. The van der Waals surface area contributed by atoms with E-state index in [1.165, 1.54) is 25.7 Å². The number of carboxylic acid groups (broad SMARTS) is 1. The van der Waals surface area contributed by atoms with Crippen LogP contribution in [0.25, 0.3) is 0 Å². The lowest BCUT2D eigenvalue weighted by Gasteiger charge is -2.36. The van der Waals surface area contributed by atoms with Crippen LogP contribution in [0, 0.1) is 11.3 Å². The SMILES string of the molecule is CC1(C)CCC(CN2CCCC2C(=O)O)CC1. The van der Waals surface area contributed by atoms with E-state index in [9.17, 15) is 4.79 Å². The number of hydrogen-bond donors (Lipinski definition) is 1. The van der Waals surface area contributed by atoms with Gasteiger partial charge in [0.2, 0.25) is 0 Å². The Morgan fingerprint density at radius 3 is 2.53 bits per heavy atom.